The number of aliphatic carboxylic acids is 1. The lowest BCUT2D eigenvalue weighted by Gasteiger charge is -2.36. The van der Waals surface area contributed by atoms with Crippen molar-refractivity contribution in [1.82, 2.24) is 4.98 Å². The third-order valence-corrected chi connectivity index (χ3v) is 8.15. The molecule has 4 aromatic rings. The van der Waals surface area contributed by atoms with Crippen LogP contribution in [0.15, 0.2) is 102 Å². The van der Waals surface area contributed by atoms with Gasteiger partial charge in [-0.25, -0.2) is 14.6 Å². The second-order valence-corrected chi connectivity index (χ2v) is 10.8. The molecule has 0 unspecified atom stereocenters. The summed E-state index contributed by atoms with van der Waals surface area (Å²) < 4.78 is 4.97. The van der Waals surface area contributed by atoms with Crippen molar-refractivity contribution >= 4 is 34.1 Å². The van der Waals surface area contributed by atoms with Crippen LogP contribution in [0, 0.1) is 0 Å². The number of esters is 1. The molecule has 0 amide bonds. The minimum absolute atomic E-state index is 0.129. The van der Waals surface area contributed by atoms with Crippen LogP contribution in [0.4, 0.5) is 5.13 Å². The first-order valence-corrected chi connectivity index (χ1v) is 14.3. The molecule has 1 aliphatic carbocycles. The van der Waals surface area contributed by atoms with Crippen LogP contribution in [0.25, 0.3) is 0 Å². The molecule has 1 fully saturated rings. The first kappa shape index (κ1) is 28.0. The van der Waals surface area contributed by atoms with Gasteiger partial charge in [-0.3, -0.25) is 0 Å². The zero-order valence-corrected chi connectivity index (χ0v) is 23.5. The smallest absolute Gasteiger partial charge is 0.360 e. The Morgan fingerprint density at radius 2 is 1.39 bits per heavy atom. The Labute approximate surface area is 242 Å². The topological polar surface area (TPSA) is 110 Å². The van der Waals surface area contributed by atoms with Gasteiger partial charge in [0.2, 0.25) is 11.3 Å². The highest BCUT2D eigenvalue weighted by Crippen LogP contribution is 2.40. The monoisotopic (exact) mass is 569 g/mol. The zero-order chi connectivity index (χ0) is 28.7. The molecular weight excluding hydrogens is 538 g/mol. The molecule has 1 aromatic heterocycles. The first-order valence-electron chi connectivity index (χ1n) is 13.5. The van der Waals surface area contributed by atoms with E-state index in [-0.39, 0.29) is 11.4 Å². The fourth-order valence-electron chi connectivity index (χ4n) is 5.35. The summed E-state index contributed by atoms with van der Waals surface area (Å²) in [5.41, 5.74) is 0.587. The van der Waals surface area contributed by atoms with Crippen LogP contribution >= 0.6 is 11.3 Å². The third kappa shape index (κ3) is 5.71. The predicted octanol–water partition coefficient (Wildman–Crippen LogP) is 6.23. The predicted molar refractivity (Wildman–Crippen MR) is 158 cm³/mol. The maximum Gasteiger partial charge on any atom is 0.360 e. The van der Waals surface area contributed by atoms with Crippen LogP contribution in [-0.2, 0) is 24.7 Å². The number of hydrogen-bond acceptors (Lipinski definition) is 8. The number of nitrogens with one attached hydrogen (secondary N) is 1. The number of rotatable bonds is 10. The summed E-state index contributed by atoms with van der Waals surface area (Å²) in [6.07, 6.45) is 3.31. The summed E-state index contributed by atoms with van der Waals surface area (Å²) >= 11 is 1.26. The van der Waals surface area contributed by atoms with Gasteiger partial charge in [-0.15, -0.1) is 11.3 Å². The number of methoxy groups -OCH3 is 1. The van der Waals surface area contributed by atoms with E-state index in [1.807, 2.05) is 54.6 Å². The van der Waals surface area contributed by atoms with Gasteiger partial charge in [0.15, 0.2) is 5.13 Å². The molecule has 1 aliphatic rings. The highest BCUT2D eigenvalue weighted by atomic mass is 32.1. The zero-order valence-electron chi connectivity index (χ0n) is 22.7. The molecule has 0 bridgehead atoms. The Morgan fingerprint density at radius 3 is 1.85 bits per heavy atom. The van der Waals surface area contributed by atoms with Crippen LogP contribution in [0.2, 0.25) is 0 Å². The van der Waals surface area contributed by atoms with Crippen molar-refractivity contribution in [2.75, 3.05) is 12.4 Å². The van der Waals surface area contributed by atoms with Crippen molar-refractivity contribution < 1.29 is 24.3 Å². The molecule has 1 saturated carbocycles. The standard InChI is InChI=1S/C32H31N3O5S/c1-39-29(38)31(20-12-5-13-21-31)40-35-27(28(36)37)26-22-41-30(33-26)34-32(23-14-6-2-7-15-23,24-16-8-3-9-17-24)25-18-10-4-11-19-25/h2-4,6-11,14-19,22H,5,12-13,20-21H2,1H3,(H,33,34)(H,36,37). The highest BCUT2D eigenvalue weighted by molar-refractivity contribution is 7.14. The number of carboxylic acid groups (broad SMARTS) is 1. The maximum atomic E-state index is 12.6. The van der Waals surface area contributed by atoms with E-state index in [0.29, 0.717) is 18.0 Å². The van der Waals surface area contributed by atoms with Gasteiger partial charge in [-0.1, -0.05) is 103 Å². The summed E-state index contributed by atoms with van der Waals surface area (Å²) in [5, 5.41) is 19.8. The molecule has 1 heterocycles. The Kier molecular flexibility index (Phi) is 8.45. The summed E-state index contributed by atoms with van der Waals surface area (Å²) in [7, 11) is 1.29. The molecule has 2 N–H and O–H groups in total. The summed E-state index contributed by atoms with van der Waals surface area (Å²) in [5.74, 6) is -1.86. The van der Waals surface area contributed by atoms with E-state index in [4.69, 9.17) is 9.57 Å². The van der Waals surface area contributed by atoms with Crippen LogP contribution in [0.5, 0.6) is 0 Å². The van der Waals surface area contributed by atoms with E-state index in [0.717, 1.165) is 36.0 Å². The van der Waals surface area contributed by atoms with Gasteiger partial charge in [0.05, 0.1) is 7.11 Å². The fraction of sp³-hybridized carbons (Fsp3) is 0.250. The number of aromatic nitrogens is 1. The molecule has 3 aromatic carbocycles. The molecule has 41 heavy (non-hydrogen) atoms. The van der Waals surface area contributed by atoms with Crippen molar-refractivity contribution in [2.24, 2.45) is 5.16 Å². The van der Waals surface area contributed by atoms with E-state index >= 15 is 0 Å². The van der Waals surface area contributed by atoms with Gasteiger partial charge in [0.25, 0.3) is 0 Å². The van der Waals surface area contributed by atoms with E-state index < -0.39 is 23.1 Å². The van der Waals surface area contributed by atoms with Gasteiger partial charge >= 0.3 is 11.9 Å². The average molecular weight is 570 g/mol. The second-order valence-electron chi connectivity index (χ2n) is 9.89. The Balaban J connectivity index is 1.55. The molecule has 0 spiro atoms. The Hall–Kier alpha value is -4.50. The lowest BCUT2D eigenvalue weighted by Crippen LogP contribution is -2.43. The largest absolute Gasteiger partial charge is 0.476 e. The number of carboxylic acids is 1. The maximum absolute atomic E-state index is 12.6. The van der Waals surface area contributed by atoms with Gasteiger partial charge < -0.3 is 20.0 Å². The SMILES string of the molecule is COC(=O)C1(ON=C(C(=O)O)c2csc(NC(c3ccccc3)(c3ccccc3)c3ccccc3)n2)CCCCC1. The molecule has 0 radical (unpaired) electrons. The van der Waals surface area contributed by atoms with Crippen LogP contribution in [-0.4, -0.2) is 40.5 Å². The summed E-state index contributed by atoms with van der Waals surface area (Å²) in [4.78, 5) is 35.2. The number of ether oxygens (including phenoxy) is 1. The summed E-state index contributed by atoms with van der Waals surface area (Å²) in [6, 6.07) is 30.1. The molecule has 210 valence electrons. The van der Waals surface area contributed by atoms with Crippen LogP contribution in [0.1, 0.15) is 54.5 Å². The van der Waals surface area contributed by atoms with Crippen molar-refractivity contribution in [2.45, 2.75) is 43.2 Å². The number of nitrogens with zero attached hydrogens (tertiary/aromatic N) is 2. The van der Waals surface area contributed by atoms with Gasteiger partial charge in [-0.2, -0.15) is 0 Å². The van der Waals surface area contributed by atoms with Crippen molar-refractivity contribution in [3.05, 3.63) is 119 Å². The minimum Gasteiger partial charge on any atom is -0.476 e. The normalized spacial score (nSPS) is 15.1. The van der Waals surface area contributed by atoms with E-state index in [9.17, 15) is 14.7 Å². The second kappa shape index (κ2) is 12.3. The number of anilines is 1. The molecule has 0 atom stereocenters. The molecule has 8 nitrogen and oxygen atoms in total. The molecule has 5 rings (SSSR count). The van der Waals surface area contributed by atoms with Crippen molar-refractivity contribution in [1.29, 1.82) is 0 Å². The molecular formula is C32H31N3O5S. The van der Waals surface area contributed by atoms with E-state index in [2.05, 4.69) is 51.9 Å². The summed E-state index contributed by atoms with van der Waals surface area (Å²) in [6.45, 7) is 0. The van der Waals surface area contributed by atoms with Gasteiger partial charge in [0, 0.05) is 18.2 Å². The van der Waals surface area contributed by atoms with E-state index in [1.165, 1.54) is 18.4 Å². The van der Waals surface area contributed by atoms with Gasteiger partial charge in [-0.05, 0) is 29.5 Å². The number of benzene rings is 3. The third-order valence-electron chi connectivity index (χ3n) is 7.39. The lowest BCUT2D eigenvalue weighted by molar-refractivity contribution is -0.174. The number of thiazole rings is 1. The quantitative estimate of drug-likeness (QED) is 0.101. The highest BCUT2D eigenvalue weighted by Gasteiger charge is 2.44. The Bertz CT molecular complexity index is 1400. The average Bonchev–Trinajstić information content (AvgIpc) is 3.49. The number of oxime groups is 1. The van der Waals surface area contributed by atoms with Crippen LogP contribution in [0.3, 0.4) is 0 Å². The van der Waals surface area contributed by atoms with E-state index in [1.54, 1.807) is 5.38 Å². The molecule has 0 aliphatic heterocycles. The number of hydrogen-bond donors (Lipinski definition) is 2. The van der Waals surface area contributed by atoms with Crippen LogP contribution < -0.4 is 5.32 Å². The van der Waals surface area contributed by atoms with Crippen molar-refractivity contribution in [3.8, 4) is 0 Å². The first-order chi connectivity index (χ1) is 20.0. The minimum atomic E-state index is -1.31. The Morgan fingerprint density at radius 1 is 0.878 bits per heavy atom. The van der Waals surface area contributed by atoms with Gasteiger partial charge in [0.1, 0.15) is 11.2 Å². The molecule has 0 saturated heterocycles. The molecule has 9 heteroatoms. The lowest BCUT2D eigenvalue weighted by atomic mass is 9.77. The number of carbonyl (C=O) groups is 2. The fourth-order valence-corrected chi connectivity index (χ4v) is 6.10. The van der Waals surface area contributed by atoms with Crippen molar-refractivity contribution in [3.63, 3.8) is 0 Å². The number of carbonyl (C=O) groups excluding carboxylic acids is 1.